The smallest absolute Gasteiger partial charge is 0.269 e. The van der Waals surface area contributed by atoms with Crippen molar-refractivity contribution in [3.8, 4) is 0 Å². The standard InChI is InChI=1S/C26H24N4O4/c31-25(15-6-20-4-2-1-3-5-20)29-18-16-28(17-19-29)23-13-9-22(10-14-23)27-26(32)21-7-11-24(12-8-21)30(33)34/h1-15H,16-19H2,(H,27,32)/b15-6+. The summed E-state index contributed by atoms with van der Waals surface area (Å²) in [5.41, 5.74) is 2.93. The number of carbonyl (C=O) groups excluding carboxylic acids is 2. The van der Waals surface area contributed by atoms with Crippen molar-refractivity contribution in [2.45, 2.75) is 0 Å². The first-order valence-electron chi connectivity index (χ1n) is 10.9. The summed E-state index contributed by atoms with van der Waals surface area (Å²) in [6.07, 6.45) is 3.45. The second-order valence-electron chi connectivity index (χ2n) is 7.86. The highest BCUT2D eigenvalue weighted by Gasteiger charge is 2.20. The van der Waals surface area contributed by atoms with Crippen LogP contribution in [0.4, 0.5) is 17.1 Å². The molecule has 1 saturated heterocycles. The van der Waals surface area contributed by atoms with Gasteiger partial charge in [-0.05, 0) is 48.0 Å². The molecule has 0 radical (unpaired) electrons. The number of piperazine rings is 1. The Morgan fingerprint density at radius 3 is 2.12 bits per heavy atom. The van der Waals surface area contributed by atoms with Crippen molar-refractivity contribution in [3.05, 3.63) is 106 Å². The highest BCUT2D eigenvalue weighted by Crippen LogP contribution is 2.21. The Balaban J connectivity index is 1.29. The molecule has 1 heterocycles. The molecular weight excluding hydrogens is 432 g/mol. The predicted molar refractivity (Wildman–Crippen MR) is 132 cm³/mol. The average Bonchev–Trinajstić information content (AvgIpc) is 2.88. The van der Waals surface area contributed by atoms with Gasteiger partial charge in [0.05, 0.1) is 4.92 Å². The number of hydrogen-bond acceptors (Lipinski definition) is 5. The Morgan fingerprint density at radius 1 is 0.853 bits per heavy atom. The van der Waals surface area contributed by atoms with Crippen LogP contribution in [0.25, 0.3) is 6.08 Å². The van der Waals surface area contributed by atoms with Gasteiger partial charge in [0.1, 0.15) is 0 Å². The first kappa shape index (κ1) is 22.7. The number of nitro groups is 1. The molecule has 2 amide bonds. The van der Waals surface area contributed by atoms with E-state index in [0.717, 1.165) is 24.3 Å². The molecule has 3 aromatic rings. The van der Waals surface area contributed by atoms with E-state index in [1.165, 1.54) is 24.3 Å². The summed E-state index contributed by atoms with van der Waals surface area (Å²) in [7, 11) is 0. The zero-order valence-corrected chi connectivity index (χ0v) is 18.5. The first-order valence-corrected chi connectivity index (χ1v) is 10.9. The zero-order chi connectivity index (χ0) is 23.9. The maximum absolute atomic E-state index is 12.5. The fraction of sp³-hybridized carbons (Fsp3) is 0.154. The Labute approximate surface area is 197 Å². The lowest BCUT2D eigenvalue weighted by atomic mass is 10.2. The van der Waals surface area contributed by atoms with E-state index in [0.29, 0.717) is 24.3 Å². The van der Waals surface area contributed by atoms with Gasteiger partial charge in [-0.2, -0.15) is 0 Å². The van der Waals surface area contributed by atoms with Gasteiger partial charge >= 0.3 is 0 Å². The predicted octanol–water partition coefficient (Wildman–Crippen LogP) is 4.21. The SMILES string of the molecule is O=C(Nc1ccc(N2CCN(C(=O)/C=C/c3ccccc3)CC2)cc1)c1ccc([N+](=O)[O-])cc1. The Morgan fingerprint density at radius 2 is 1.50 bits per heavy atom. The number of hydrogen-bond donors (Lipinski definition) is 1. The van der Waals surface area contributed by atoms with E-state index in [2.05, 4.69) is 10.2 Å². The maximum atomic E-state index is 12.5. The van der Waals surface area contributed by atoms with Gasteiger partial charge in [0.25, 0.3) is 11.6 Å². The van der Waals surface area contributed by atoms with Crippen LogP contribution in [0.15, 0.2) is 84.9 Å². The number of amides is 2. The Hall–Kier alpha value is -4.46. The van der Waals surface area contributed by atoms with Gasteiger partial charge in [0.15, 0.2) is 0 Å². The molecule has 0 atom stereocenters. The van der Waals surface area contributed by atoms with E-state index in [4.69, 9.17) is 0 Å². The normalized spacial score (nSPS) is 13.6. The van der Waals surface area contributed by atoms with E-state index < -0.39 is 4.92 Å². The minimum Gasteiger partial charge on any atom is -0.368 e. The highest BCUT2D eigenvalue weighted by atomic mass is 16.6. The fourth-order valence-electron chi connectivity index (χ4n) is 3.72. The van der Waals surface area contributed by atoms with Crippen LogP contribution < -0.4 is 10.2 Å². The van der Waals surface area contributed by atoms with Gasteiger partial charge in [-0.25, -0.2) is 0 Å². The highest BCUT2D eigenvalue weighted by molar-refractivity contribution is 6.04. The van der Waals surface area contributed by atoms with E-state index >= 15 is 0 Å². The van der Waals surface area contributed by atoms with E-state index in [1.807, 2.05) is 65.6 Å². The molecule has 3 aromatic carbocycles. The Kier molecular flexibility index (Phi) is 6.98. The number of nitrogens with one attached hydrogen (secondary N) is 1. The maximum Gasteiger partial charge on any atom is 0.269 e. The summed E-state index contributed by atoms with van der Waals surface area (Å²) in [6.45, 7) is 2.71. The molecule has 4 rings (SSSR count). The number of benzene rings is 3. The molecule has 0 unspecified atom stereocenters. The lowest BCUT2D eigenvalue weighted by molar-refractivity contribution is -0.384. The number of nitro benzene ring substituents is 1. The monoisotopic (exact) mass is 456 g/mol. The molecule has 1 N–H and O–H groups in total. The molecule has 34 heavy (non-hydrogen) atoms. The number of nitrogens with zero attached hydrogens (tertiary/aromatic N) is 3. The van der Waals surface area contributed by atoms with E-state index in [-0.39, 0.29) is 17.5 Å². The van der Waals surface area contributed by atoms with Gasteiger partial charge in [-0.1, -0.05) is 30.3 Å². The minimum atomic E-state index is -0.502. The number of non-ortho nitro benzene ring substituents is 1. The molecule has 0 aromatic heterocycles. The largest absolute Gasteiger partial charge is 0.368 e. The molecule has 8 heteroatoms. The molecular formula is C26H24N4O4. The summed E-state index contributed by atoms with van der Waals surface area (Å²) in [6, 6.07) is 22.7. The second-order valence-corrected chi connectivity index (χ2v) is 7.86. The third-order valence-electron chi connectivity index (χ3n) is 5.64. The van der Waals surface area contributed by atoms with Crippen molar-refractivity contribution in [1.82, 2.24) is 4.90 Å². The van der Waals surface area contributed by atoms with Gasteiger partial charge < -0.3 is 15.1 Å². The van der Waals surface area contributed by atoms with Crippen LogP contribution in [0.5, 0.6) is 0 Å². The van der Waals surface area contributed by atoms with Crippen molar-refractivity contribution in [2.24, 2.45) is 0 Å². The van der Waals surface area contributed by atoms with Gasteiger partial charge in [0, 0.05) is 61.3 Å². The lowest BCUT2D eigenvalue weighted by Crippen LogP contribution is -2.48. The molecule has 0 spiro atoms. The molecule has 0 saturated carbocycles. The van der Waals surface area contributed by atoms with Crippen molar-refractivity contribution in [1.29, 1.82) is 0 Å². The Bertz CT molecular complexity index is 1180. The summed E-state index contributed by atoms with van der Waals surface area (Å²) in [5, 5.41) is 13.5. The fourth-order valence-corrected chi connectivity index (χ4v) is 3.72. The summed E-state index contributed by atoms with van der Waals surface area (Å²) in [4.78, 5) is 39.2. The van der Waals surface area contributed by atoms with Crippen molar-refractivity contribution >= 4 is 35.0 Å². The van der Waals surface area contributed by atoms with Crippen LogP contribution in [0, 0.1) is 10.1 Å². The third-order valence-corrected chi connectivity index (χ3v) is 5.64. The summed E-state index contributed by atoms with van der Waals surface area (Å²) >= 11 is 0. The number of rotatable bonds is 6. The molecule has 0 bridgehead atoms. The van der Waals surface area contributed by atoms with Crippen LogP contribution in [0.1, 0.15) is 15.9 Å². The van der Waals surface area contributed by atoms with Crippen LogP contribution >= 0.6 is 0 Å². The van der Waals surface area contributed by atoms with Crippen molar-refractivity contribution in [3.63, 3.8) is 0 Å². The molecule has 0 aliphatic carbocycles. The van der Waals surface area contributed by atoms with Crippen LogP contribution in [-0.2, 0) is 4.79 Å². The van der Waals surface area contributed by atoms with Gasteiger partial charge in [0.2, 0.25) is 5.91 Å². The number of anilines is 2. The first-order chi connectivity index (χ1) is 16.5. The third kappa shape index (κ3) is 5.66. The quantitative estimate of drug-likeness (QED) is 0.341. The molecule has 8 nitrogen and oxygen atoms in total. The van der Waals surface area contributed by atoms with Gasteiger partial charge in [-0.3, -0.25) is 19.7 Å². The minimum absolute atomic E-state index is 0.00723. The molecule has 1 aliphatic rings. The summed E-state index contributed by atoms with van der Waals surface area (Å²) < 4.78 is 0. The van der Waals surface area contributed by atoms with E-state index in [9.17, 15) is 19.7 Å². The van der Waals surface area contributed by atoms with Gasteiger partial charge in [-0.15, -0.1) is 0 Å². The molecule has 1 fully saturated rings. The van der Waals surface area contributed by atoms with Crippen LogP contribution in [0.3, 0.4) is 0 Å². The van der Waals surface area contributed by atoms with Crippen molar-refractivity contribution in [2.75, 3.05) is 36.4 Å². The lowest BCUT2D eigenvalue weighted by Gasteiger charge is -2.35. The van der Waals surface area contributed by atoms with Crippen molar-refractivity contribution < 1.29 is 14.5 Å². The topological polar surface area (TPSA) is 95.8 Å². The number of carbonyl (C=O) groups is 2. The molecule has 172 valence electrons. The summed E-state index contributed by atoms with van der Waals surface area (Å²) in [5.74, 6) is -0.328. The van der Waals surface area contributed by atoms with Crippen LogP contribution in [0.2, 0.25) is 0 Å². The average molecular weight is 457 g/mol. The van der Waals surface area contributed by atoms with E-state index in [1.54, 1.807) is 6.08 Å². The molecule has 1 aliphatic heterocycles. The second kappa shape index (κ2) is 10.4. The zero-order valence-electron chi connectivity index (χ0n) is 18.5. The van der Waals surface area contributed by atoms with Crippen LogP contribution in [-0.4, -0.2) is 47.8 Å².